The lowest BCUT2D eigenvalue weighted by Gasteiger charge is -2.26. The number of methoxy groups -OCH3 is 1. The second-order valence-corrected chi connectivity index (χ2v) is 8.62. The number of nitrogens with zero attached hydrogens (tertiary/aromatic N) is 2. The first-order chi connectivity index (χ1) is 15.7. The molecule has 1 unspecified atom stereocenters. The number of likely N-dealkylation sites (tertiary alicyclic amines) is 1. The van der Waals surface area contributed by atoms with Gasteiger partial charge in [0.2, 0.25) is 0 Å². The van der Waals surface area contributed by atoms with E-state index in [9.17, 15) is 14.7 Å². The molecule has 1 N–H and O–H groups in total. The van der Waals surface area contributed by atoms with E-state index in [2.05, 4.69) is 0 Å². The summed E-state index contributed by atoms with van der Waals surface area (Å²) in [6.07, 6.45) is 0.715. The average Bonchev–Trinajstić information content (AvgIpc) is 3.03. The number of aliphatic hydroxyl groups excluding tert-OH is 1. The number of benzene rings is 2. The Morgan fingerprint density at radius 3 is 2.39 bits per heavy atom. The third-order valence-corrected chi connectivity index (χ3v) is 5.45. The van der Waals surface area contributed by atoms with Gasteiger partial charge in [-0.25, -0.2) is 0 Å². The molecule has 7 nitrogen and oxygen atoms in total. The molecule has 176 valence electrons. The molecule has 1 aliphatic heterocycles. The minimum atomic E-state index is -0.700. The monoisotopic (exact) mass is 452 g/mol. The number of ketones is 1. The molecule has 1 fully saturated rings. The summed E-state index contributed by atoms with van der Waals surface area (Å²) >= 11 is 0. The third-order valence-electron chi connectivity index (χ3n) is 5.45. The van der Waals surface area contributed by atoms with Crippen molar-refractivity contribution in [2.45, 2.75) is 32.4 Å². The Kier molecular flexibility index (Phi) is 7.76. The summed E-state index contributed by atoms with van der Waals surface area (Å²) in [6.45, 7) is 5.02. The number of aliphatic hydroxyl groups is 1. The maximum absolute atomic E-state index is 13.1. The highest BCUT2D eigenvalue weighted by atomic mass is 16.5. The molecule has 1 amide bonds. The fourth-order valence-corrected chi connectivity index (χ4v) is 3.95. The van der Waals surface area contributed by atoms with Gasteiger partial charge in [0, 0.05) is 12.1 Å². The van der Waals surface area contributed by atoms with E-state index in [0.717, 1.165) is 6.54 Å². The van der Waals surface area contributed by atoms with E-state index >= 15 is 0 Å². The first-order valence-corrected chi connectivity index (χ1v) is 11.1. The predicted molar refractivity (Wildman–Crippen MR) is 127 cm³/mol. The van der Waals surface area contributed by atoms with Gasteiger partial charge in [-0.05, 0) is 82.9 Å². The standard InChI is InChI=1S/C26H32N2O5/c1-17(2)33-20-12-10-18(11-13-20)24(29)22-23(19-8-6-9-21(16-19)32-5)28(26(31)25(22)30)15-7-14-27(3)4/h6,8-13,16-17,23,29H,7,14-15H2,1-5H3/b24-22+. The van der Waals surface area contributed by atoms with E-state index in [-0.39, 0.29) is 17.4 Å². The summed E-state index contributed by atoms with van der Waals surface area (Å²) in [5, 5.41) is 11.2. The van der Waals surface area contributed by atoms with Gasteiger partial charge in [-0.3, -0.25) is 9.59 Å². The second-order valence-electron chi connectivity index (χ2n) is 8.62. The van der Waals surface area contributed by atoms with Crippen LogP contribution in [0.1, 0.15) is 37.4 Å². The van der Waals surface area contributed by atoms with Gasteiger partial charge < -0.3 is 24.4 Å². The number of hydrogen-bond donors (Lipinski definition) is 1. The van der Waals surface area contributed by atoms with Crippen LogP contribution in [0, 0.1) is 0 Å². The summed E-state index contributed by atoms with van der Waals surface area (Å²) < 4.78 is 11.0. The number of ether oxygens (including phenoxy) is 2. The van der Waals surface area contributed by atoms with Gasteiger partial charge in [0.25, 0.3) is 11.7 Å². The zero-order valence-electron chi connectivity index (χ0n) is 19.9. The largest absolute Gasteiger partial charge is 0.507 e. The van der Waals surface area contributed by atoms with Crippen molar-refractivity contribution in [2.75, 3.05) is 34.3 Å². The topological polar surface area (TPSA) is 79.3 Å². The van der Waals surface area contributed by atoms with Gasteiger partial charge in [0.15, 0.2) is 0 Å². The van der Waals surface area contributed by atoms with Crippen molar-refractivity contribution in [1.82, 2.24) is 9.80 Å². The van der Waals surface area contributed by atoms with Crippen LogP contribution in [0.25, 0.3) is 5.76 Å². The maximum Gasteiger partial charge on any atom is 0.295 e. The smallest absolute Gasteiger partial charge is 0.295 e. The highest BCUT2D eigenvalue weighted by Crippen LogP contribution is 2.40. The number of Topliss-reactive ketones (excluding diaryl/α,β-unsaturated/α-hetero) is 1. The van der Waals surface area contributed by atoms with Crippen LogP contribution >= 0.6 is 0 Å². The van der Waals surface area contributed by atoms with Crippen LogP contribution in [-0.4, -0.2) is 67.0 Å². The molecule has 0 saturated carbocycles. The van der Waals surface area contributed by atoms with Gasteiger partial charge >= 0.3 is 0 Å². The zero-order chi connectivity index (χ0) is 24.1. The number of carbonyl (C=O) groups is 2. The van der Waals surface area contributed by atoms with Gasteiger partial charge in [-0.2, -0.15) is 0 Å². The quantitative estimate of drug-likeness (QED) is 0.354. The highest BCUT2D eigenvalue weighted by molar-refractivity contribution is 6.46. The summed E-state index contributed by atoms with van der Waals surface area (Å²) in [7, 11) is 5.48. The normalized spacial score (nSPS) is 17.8. The first kappa shape index (κ1) is 24.3. The zero-order valence-corrected chi connectivity index (χ0v) is 19.9. The minimum absolute atomic E-state index is 0.0185. The number of rotatable bonds is 9. The van der Waals surface area contributed by atoms with Crippen LogP contribution in [0.15, 0.2) is 54.1 Å². The van der Waals surface area contributed by atoms with Crippen molar-refractivity contribution >= 4 is 17.4 Å². The van der Waals surface area contributed by atoms with E-state index in [1.54, 1.807) is 48.4 Å². The molecule has 2 aromatic rings. The van der Waals surface area contributed by atoms with Crippen molar-refractivity contribution in [1.29, 1.82) is 0 Å². The predicted octanol–water partition coefficient (Wildman–Crippen LogP) is 3.86. The van der Waals surface area contributed by atoms with Crippen molar-refractivity contribution in [3.8, 4) is 11.5 Å². The molecule has 33 heavy (non-hydrogen) atoms. The van der Waals surface area contributed by atoms with E-state index in [0.29, 0.717) is 35.6 Å². The molecule has 1 saturated heterocycles. The van der Waals surface area contributed by atoms with Gasteiger partial charge in [0.05, 0.1) is 24.8 Å². The van der Waals surface area contributed by atoms with Crippen molar-refractivity contribution < 1.29 is 24.2 Å². The molecule has 1 aliphatic rings. The lowest BCUT2D eigenvalue weighted by molar-refractivity contribution is -0.139. The van der Waals surface area contributed by atoms with Crippen LogP contribution in [0.3, 0.4) is 0 Å². The van der Waals surface area contributed by atoms with Gasteiger partial charge in [-0.15, -0.1) is 0 Å². The van der Waals surface area contributed by atoms with E-state index in [4.69, 9.17) is 9.47 Å². The molecule has 7 heteroatoms. The van der Waals surface area contributed by atoms with Crippen LogP contribution in [0.4, 0.5) is 0 Å². The maximum atomic E-state index is 13.1. The molecular formula is C26H32N2O5. The SMILES string of the molecule is COc1cccc(C2/C(=C(\O)c3ccc(OC(C)C)cc3)C(=O)C(=O)N2CCCN(C)C)c1. The summed E-state index contributed by atoms with van der Waals surface area (Å²) in [5.74, 6) is -0.223. The van der Waals surface area contributed by atoms with Crippen LogP contribution in [-0.2, 0) is 9.59 Å². The lowest BCUT2D eigenvalue weighted by atomic mass is 9.95. The van der Waals surface area contributed by atoms with E-state index in [1.165, 1.54) is 0 Å². The third kappa shape index (κ3) is 5.54. The Morgan fingerprint density at radius 2 is 1.79 bits per heavy atom. The molecule has 0 aliphatic carbocycles. The van der Waals surface area contributed by atoms with E-state index < -0.39 is 17.7 Å². The Labute approximate surface area is 195 Å². The van der Waals surface area contributed by atoms with Gasteiger partial charge in [-0.1, -0.05) is 12.1 Å². The molecule has 3 rings (SSSR count). The molecule has 2 aromatic carbocycles. The van der Waals surface area contributed by atoms with Crippen LogP contribution in [0.2, 0.25) is 0 Å². The van der Waals surface area contributed by atoms with Crippen LogP contribution < -0.4 is 9.47 Å². The second kappa shape index (κ2) is 10.5. The number of hydrogen-bond acceptors (Lipinski definition) is 6. The Bertz CT molecular complexity index is 1030. The number of carbonyl (C=O) groups excluding carboxylic acids is 2. The Hall–Kier alpha value is -3.32. The molecule has 0 radical (unpaired) electrons. The van der Waals surface area contributed by atoms with Crippen molar-refractivity contribution in [3.63, 3.8) is 0 Å². The molecule has 0 spiro atoms. The summed E-state index contributed by atoms with van der Waals surface area (Å²) in [6, 6.07) is 13.4. The Balaban J connectivity index is 2.05. The molecule has 1 heterocycles. The number of amides is 1. The molecule has 0 bridgehead atoms. The minimum Gasteiger partial charge on any atom is -0.507 e. The summed E-state index contributed by atoms with van der Waals surface area (Å²) in [5.41, 5.74) is 1.24. The van der Waals surface area contributed by atoms with Crippen LogP contribution in [0.5, 0.6) is 11.5 Å². The highest BCUT2D eigenvalue weighted by Gasteiger charge is 2.45. The Morgan fingerprint density at radius 1 is 1.09 bits per heavy atom. The lowest BCUT2D eigenvalue weighted by Crippen LogP contribution is -2.32. The van der Waals surface area contributed by atoms with Crippen molar-refractivity contribution in [2.24, 2.45) is 0 Å². The van der Waals surface area contributed by atoms with Gasteiger partial charge in [0.1, 0.15) is 17.3 Å². The fraction of sp³-hybridized carbons (Fsp3) is 0.385. The van der Waals surface area contributed by atoms with Crippen molar-refractivity contribution in [3.05, 3.63) is 65.2 Å². The summed E-state index contributed by atoms with van der Waals surface area (Å²) in [4.78, 5) is 29.7. The molecule has 0 aromatic heterocycles. The molecular weight excluding hydrogens is 420 g/mol. The fourth-order valence-electron chi connectivity index (χ4n) is 3.95. The first-order valence-electron chi connectivity index (χ1n) is 11.1. The average molecular weight is 453 g/mol. The van der Waals surface area contributed by atoms with E-state index in [1.807, 2.05) is 45.0 Å². The molecule has 1 atom stereocenters.